The third-order valence-corrected chi connectivity index (χ3v) is 4.27. The van der Waals surface area contributed by atoms with Crippen molar-refractivity contribution in [2.24, 2.45) is 0 Å². The van der Waals surface area contributed by atoms with Gasteiger partial charge in [-0.15, -0.1) is 0 Å². The minimum Gasteiger partial charge on any atom is -0.464 e. The van der Waals surface area contributed by atoms with Crippen molar-refractivity contribution in [3.63, 3.8) is 0 Å². The maximum atomic E-state index is 12.2. The SMILES string of the molecule is Cc1ccc2c(CC(=O)OCC(=O)N3C[C@H](C)O[C@@H](C)C3)coc2c1. The van der Waals surface area contributed by atoms with Gasteiger partial charge in [-0.3, -0.25) is 9.59 Å². The number of aryl methyl sites for hydroxylation is 1. The Kier molecular flexibility index (Phi) is 5.08. The number of benzene rings is 1. The van der Waals surface area contributed by atoms with Crippen LogP contribution in [0.3, 0.4) is 0 Å². The molecule has 6 heteroatoms. The van der Waals surface area contributed by atoms with Crippen LogP contribution in [0.5, 0.6) is 0 Å². The van der Waals surface area contributed by atoms with Gasteiger partial charge in [0.1, 0.15) is 5.58 Å². The fourth-order valence-electron chi connectivity index (χ4n) is 3.15. The summed E-state index contributed by atoms with van der Waals surface area (Å²) in [6.45, 7) is 6.63. The number of hydrogen-bond donors (Lipinski definition) is 0. The summed E-state index contributed by atoms with van der Waals surface area (Å²) in [5.41, 5.74) is 2.60. The summed E-state index contributed by atoms with van der Waals surface area (Å²) in [7, 11) is 0. The molecular formula is C19H23NO5. The number of carbonyl (C=O) groups is 2. The average molecular weight is 345 g/mol. The van der Waals surface area contributed by atoms with Gasteiger partial charge in [-0.05, 0) is 32.4 Å². The van der Waals surface area contributed by atoms with Gasteiger partial charge in [0.15, 0.2) is 6.61 Å². The van der Waals surface area contributed by atoms with E-state index in [-0.39, 0.29) is 31.1 Å². The number of furan rings is 1. The van der Waals surface area contributed by atoms with E-state index in [1.54, 1.807) is 11.2 Å². The normalized spacial score (nSPS) is 20.7. The molecule has 0 N–H and O–H groups in total. The number of amides is 1. The molecule has 0 spiro atoms. The molecule has 1 aromatic heterocycles. The molecule has 0 bridgehead atoms. The Bertz CT molecular complexity index is 771. The lowest BCUT2D eigenvalue weighted by Crippen LogP contribution is -2.49. The first-order valence-electron chi connectivity index (χ1n) is 8.48. The minimum atomic E-state index is -0.439. The van der Waals surface area contributed by atoms with Crippen molar-refractivity contribution in [2.75, 3.05) is 19.7 Å². The molecule has 0 unspecified atom stereocenters. The molecule has 134 valence electrons. The molecule has 2 atom stereocenters. The van der Waals surface area contributed by atoms with Crippen LogP contribution in [0.4, 0.5) is 0 Å². The summed E-state index contributed by atoms with van der Waals surface area (Å²) >= 11 is 0. The molecule has 0 saturated carbocycles. The molecule has 1 amide bonds. The summed E-state index contributed by atoms with van der Waals surface area (Å²) in [6.07, 6.45) is 1.63. The first-order chi connectivity index (χ1) is 11.9. The van der Waals surface area contributed by atoms with E-state index >= 15 is 0 Å². The van der Waals surface area contributed by atoms with Crippen molar-refractivity contribution in [2.45, 2.75) is 39.4 Å². The fraction of sp³-hybridized carbons (Fsp3) is 0.474. The lowest BCUT2D eigenvalue weighted by atomic mass is 10.1. The second-order valence-corrected chi connectivity index (χ2v) is 6.65. The van der Waals surface area contributed by atoms with Crippen LogP contribution in [0.1, 0.15) is 25.0 Å². The maximum absolute atomic E-state index is 12.2. The van der Waals surface area contributed by atoms with Gasteiger partial charge in [0.05, 0.1) is 24.9 Å². The fourth-order valence-corrected chi connectivity index (χ4v) is 3.15. The van der Waals surface area contributed by atoms with Gasteiger partial charge in [0.25, 0.3) is 5.91 Å². The zero-order valence-electron chi connectivity index (χ0n) is 14.8. The summed E-state index contributed by atoms with van der Waals surface area (Å²) in [4.78, 5) is 26.0. The summed E-state index contributed by atoms with van der Waals surface area (Å²) in [5, 5.41) is 0.893. The number of ether oxygens (including phenoxy) is 2. The van der Waals surface area contributed by atoms with Gasteiger partial charge in [-0.1, -0.05) is 12.1 Å². The summed E-state index contributed by atoms with van der Waals surface area (Å²) < 4.78 is 16.2. The van der Waals surface area contributed by atoms with Crippen LogP contribution in [-0.4, -0.2) is 48.7 Å². The van der Waals surface area contributed by atoms with Crippen LogP contribution in [0, 0.1) is 6.92 Å². The summed E-state index contributed by atoms with van der Waals surface area (Å²) in [5.74, 6) is -0.631. The molecule has 0 aliphatic carbocycles. The number of hydrogen-bond acceptors (Lipinski definition) is 5. The monoisotopic (exact) mass is 345 g/mol. The van der Waals surface area contributed by atoms with Gasteiger partial charge >= 0.3 is 5.97 Å². The lowest BCUT2D eigenvalue weighted by Gasteiger charge is -2.35. The highest BCUT2D eigenvalue weighted by Gasteiger charge is 2.26. The number of carbonyl (C=O) groups excluding carboxylic acids is 2. The molecule has 25 heavy (non-hydrogen) atoms. The van der Waals surface area contributed by atoms with E-state index in [9.17, 15) is 9.59 Å². The van der Waals surface area contributed by atoms with E-state index < -0.39 is 5.97 Å². The molecule has 1 aliphatic rings. The first-order valence-corrected chi connectivity index (χ1v) is 8.48. The van der Waals surface area contributed by atoms with Crippen molar-refractivity contribution >= 4 is 22.8 Å². The van der Waals surface area contributed by atoms with Gasteiger partial charge in [-0.25, -0.2) is 0 Å². The van der Waals surface area contributed by atoms with Crippen molar-refractivity contribution in [1.82, 2.24) is 4.90 Å². The number of nitrogens with zero attached hydrogens (tertiary/aromatic N) is 1. The molecule has 0 radical (unpaired) electrons. The second kappa shape index (κ2) is 7.27. The van der Waals surface area contributed by atoms with Gasteiger partial charge in [-0.2, -0.15) is 0 Å². The second-order valence-electron chi connectivity index (χ2n) is 6.65. The molecule has 2 heterocycles. The molecule has 6 nitrogen and oxygen atoms in total. The van der Waals surface area contributed by atoms with E-state index in [1.807, 2.05) is 39.0 Å². The van der Waals surface area contributed by atoms with Crippen LogP contribution < -0.4 is 0 Å². The maximum Gasteiger partial charge on any atom is 0.310 e. The van der Waals surface area contributed by atoms with Gasteiger partial charge in [0.2, 0.25) is 0 Å². The number of fused-ring (bicyclic) bond motifs is 1. The van der Waals surface area contributed by atoms with E-state index in [2.05, 4.69) is 0 Å². The molecule has 1 aliphatic heterocycles. The lowest BCUT2D eigenvalue weighted by molar-refractivity contribution is -0.156. The third kappa shape index (κ3) is 4.20. The van der Waals surface area contributed by atoms with E-state index in [4.69, 9.17) is 13.9 Å². The molecule has 3 rings (SSSR count). The van der Waals surface area contributed by atoms with Gasteiger partial charge in [0, 0.05) is 24.0 Å². The standard InChI is InChI=1S/C19H23NO5/c1-12-4-5-16-15(10-23-17(16)6-12)7-19(22)24-11-18(21)20-8-13(2)25-14(3)9-20/h4-6,10,13-14H,7-9,11H2,1-3H3/t13-,14-/m0/s1. The first kappa shape index (κ1) is 17.5. The van der Waals surface area contributed by atoms with E-state index in [0.29, 0.717) is 13.1 Å². The molecular weight excluding hydrogens is 322 g/mol. The van der Waals surface area contributed by atoms with Crippen molar-refractivity contribution < 1.29 is 23.5 Å². The van der Waals surface area contributed by atoms with Crippen molar-refractivity contribution in [3.8, 4) is 0 Å². The highest BCUT2D eigenvalue weighted by atomic mass is 16.5. The van der Waals surface area contributed by atoms with Crippen molar-refractivity contribution in [1.29, 1.82) is 0 Å². The Morgan fingerprint density at radius 2 is 1.96 bits per heavy atom. The zero-order valence-corrected chi connectivity index (χ0v) is 14.8. The smallest absolute Gasteiger partial charge is 0.310 e. The molecule has 1 aromatic carbocycles. The molecule has 2 aromatic rings. The highest BCUT2D eigenvalue weighted by molar-refractivity contribution is 5.87. The third-order valence-electron chi connectivity index (χ3n) is 4.27. The Morgan fingerprint density at radius 3 is 2.68 bits per heavy atom. The molecule has 1 saturated heterocycles. The van der Waals surface area contributed by atoms with Crippen LogP contribution >= 0.6 is 0 Å². The molecule has 1 fully saturated rings. The number of rotatable bonds is 4. The highest BCUT2D eigenvalue weighted by Crippen LogP contribution is 2.23. The van der Waals surface area contributed by atoms with Gasteiger partial charge < -0.3 is 18.8 Å². The number of morpholine rings is 1. The van der Waals surface area contributed by atoms with Crippen LogP contribution in [-0.2, 0) is 25.5 Å². The van der Waals surface area contributed by atoms with E-state index in [0.717, 1.165) is 22.1 Å². The van der Waals surface area contributed by atoms with Crippen LogP contribution in [0.25, 0.3) is 11.0 Å². The Labute approximate surface area is 146 Å². The zero-order chi connectivity index (χ0) is 18.0. The predicted octanol–water partition coefficient (Wildman–Crippen LogP) is 2.46. The quantitative estimate of drug-likeness (QED) is 0.796. The van der Waals surface area contributed by atoms with Crippen LogP contribution in [0.15, 0.2) is 28.9 Å². The Morgan fingerprint density at radius 1 is 1.24 bits per heavy atom. The topological polar surface area (TPSA) is 69.0 Å². The summed E-state index contributed by atoms with van der Waals surface area (Å²) in [6, 6.07) is 5.82. The predicted molar refractivity (Wildman–Crippen MR) is 92.2 cm³/mol. The average Bonchev–Trinajstić information content (AvgIpc) is 2.93. The Hall–Kier alpha value is -2.34. The largest absolute Gasteiger partial charge is 0.464 e. The van der Waals surface area contributed by atoms with Crippen molar-refractivity contribution in [3.05, 3.63) is 35.6 Å². The van der Waals surface area contributed by atoms with Crippen LogP contribution in [0.2, 0.25) is 0 Å². The number of esters is 1. The Balaban J connectivity index is 1.54. The van der Waals surface area contributed by atoms with E-state index in [1.165, 1.54) is 0 Å². The minimum absolute atomic E-state index is 0.0100.